The number of thiazole rings is 1. The highest BCUT2D eigenvalue weighted by Gasteiger charge is 2.22. The summed E-state index contributed by atoms with van der Waals surface area (Å²) in [5.41, 5.74) is 2.25. The minimum Gasteiger partial charge on any atom is -0.488 e. The van der Waals surface area contributed by atoms with Crippen LogP contribution in [0.15, 0.2) is 42.5 Å². The Balaban J connectivity index is 1.45. The summed E-state index contributed by atoms with van der Waals surface area (Å²) in [6, 6.07) is 14.0. The summed E-state index contributed by atoms with van der Waals surface area (Å²) < 4.78 is 7.01. The molecule has 0 aliphatic carbocycles. The van der Waals surface area contributed by atoms with Crippen LogP contribution in [0.25, 0.3) is 10.2 Å². The fourth-order valence-electron chi connectivity index (χ4n) is 2.54. The van der Waals surface area contributed by atoms with Gasteiger partial charge in [-0.05, 0) is 29.8 Å². The zero-order valence-electron chi connectivity index (χ0n) is 11.2. The van der Waals surface area contributed by atoms with E-state index in [0.717, 1.165) is 39.1 Å². The molecule has 0 fully saturated rings. The fraction of sp³-hybridized carbons (Fsp3) is 0.188. The van der Waals surface area contributed by atoms with Crippen molar-refractivity contribution in [3.8, 4) is 5.75 Å². The first-order valence-electron chi connectivity index (χ1n) is 6.82. The Hall–Kier alpha value is -1.78. The Bertz CT molecular complexity index is 777. The predicted molar refractivity (Wildman–Crippen MR) is 87.7 cm³/mol. The topological polar surface area (TPSA) is 34.2 Å². The van der Waals surface area contributed by atoms with Gasteiger partial charge in [0.05, 0.1) is 16.8 Å². The molecule has 5 heteroatoms. The molecule has 0 radical (unpaired) electrons. The van der Waals surface area contributed by atoms with Gasteiger partial charge in [0.25, 0.3) is 0 Å². The minimum absolute atomic E-state index is 0.165. The van der Waals surface area contributed by atoms with Gasteiger partial charge in [0.1, 0.15) is 11.9 Å². The second-order valence-corrected chi connectivity index (χ2v) is 6.53. The summed E-state index contributed by atoms with van der Waals surface area (Å²) in [5, 5.41) is 5.02. The van der Waals surface area contributed by atoms with Crippen molar-refractivity contribution in [1.82, 2.24) is 4.98 Å². The van der Waals surface area contributed by atoms with Gasteiger partial charge in [0.15, 0.2) is 5.13 Å². The number of ether oxygens (including phenoxy) is 1. The molecule has 106 valence electrons. The first-order valence-corrected chi connectivity index (χ1v) is 8.02. The maximum Gasteiger partial charge on any atom is 0.183 e. The van der Waals surface area contributed by atoms with Gasteiger partial charge >= 0.3 is 0 Å². The number of rotatable bonds is 3. The number of anilines is 1. The molecule has 4 rings (SSSR count). The smallest absolute Gasteiger partial charge is 0.183 e. The molecule has 1 aliphatic rings. The summed E-state index contributed by atoms with van der Waals surface area (Å²) in [5.74, 6) is 1.00. The normalized spacial score (nSPS) is 16.7. The Morgan fingerprint density at radius 1 is 1.29 bits per heavy atom. The maximum atomic E-state index is 6.00. The fourth-order valence-corrected chi connectivity index (χ4v) is 3.69. The molecule has 1 aromatic heterocycles. The summed E-state index contributed by atoms with van der Waals surface area (Å²) in [6.07, 6.45) is 1.11. The molecule has 2 aromatic carbocycles. The second-order valence-electron chi connectivity index (χ2n) is 5.06. The lowest BCUT2D eigenvalue weighted by atomic mass is 10.1. The van der Waals surface area contributed by atoms with Crippen molar-refractivity contribution in [3.63, 3.8) is 0 Å². The van der Waals surface area contributed by atoms with Crippen molar-refractivity contribution >= 4 is 38.3 Å². The Kier molecular flexibility index (Phi) is 3.20. The van der Waals surface area contributed by atoms with E-state index in [-0.39, 0.29) is 6.10 Å². The average molecular weight is 317 g/mol. The van der Waals surface area contributed by atoms with Gasteiger partial charge in [0.2, 0.25) is 0 Å². The Morgan fingerprint density at radius 3 is 3.10 bits per heavy atom. The van der Waals surface area contributed by atoms with Gasteiger partial charge in [0, 0.05) is 11.4 Å². The zero-order chi connectivity index (χ0) is 14.2. The van der Waals surface area contributed by atoms with Crippen LogP contribution in [0.3, 0.4) is 0 Å². The molecule has 1 unspecified atom stereocenters. The Labute approximate surface area is 131 Å². The molecule has 0 bridgehead atoms. The van der Waals surface area contributed by atoms with Gasteiger partial charge < -0.3 is 10.1 Å². The monoisotopic (exact) mass is 316 g/mol. The van der Waals surface area contributed by atoms with Crippen molar-refractivity contribution in [3.05, 3.63) is 53.1 Å². The summed E-state index contributed by atoms with van der Waals surface area (Å²) in [7, 11) is 0. The van der Waals surface area contributed by atoms with E-state index in [1.165, 1.54) is 5.56 Å². The number of benzene rings is 2. The molecule has 0 saturated heterocycles. The SMILES string of the molecule is Clc1ccc2nc(NCC3Cc4ccccc4O3)sc2c1. The number of halogens is 1. The second kappa shape index (κ2) is 5.20. The standard InChI is InChI=1S/C16H13ClN2OS/c17-11-5-6-13-15(8-11)21-16(19-13)18-9-12-7-10-3-1-2-4-14(10)20-12/h1-6,8,12H,7,9H2,(H,18,19). The predicted octanol–water partition coefficient (Wildman–Crippen LogP) is 4.37. The van der Waals surface area contributed by atoms with Crippen LogP contribution in [0.5, 0.6) is 5.75 Å². The van der Waals surface area contributed by atoms with Gasteiger partial charge in [-0.2, -0.15) is 0 Å². The van der Waals surface area contributed by atoms with Crippen LogP contribution in [0, 0.1) is 0 Å². The van der Waals surface area contributed by atoms with Crippen LogP contribution in [0.2, 0.25) is 5.02 Å². The number of para-hydroxylation sites is 1. The molecular weight excluding hydrogens is 304 g/mol. The van der Waals surface area contributed by atoms with Crippen molar-refractivity contribution in [2.45, 2.75) is 12.5 Å². The van der Waals surface area contributed by atoms with Crippen LogP contribution in [-0.4, -0.2) is 17.6 Å². The lowest BCUT2D eigenvalue weighted by molar-refractivity contribution is 0.246. The highest BCUT2D eigenvalue weighted by atomic mass is 35.5. The third-order valence-corrected chi connectivity index (χ3v) is 4.76. The van der Waals surface area contributed by atoms with E-state index in [4.69, 9.17) is 16.3 Å². The molecule has 0 amide bonds. The van der Waals surface area contributed by atoms with Gasteiger partial charge in [-0.15, -0.1) is 0 Å². The highest BCUT2D eigenvalue weighted by molar-refractivity contribution is 7.22. The summed E-state index contributed by atoms with van der Waals surface area (Å²) in [6.45, 7) is 0.752. The zero-order valence-corrected chi connectivity index (χ0v) is 12.7. The molecule has 1 atom stereocenters. The highest BCUT2D eigenvalue weighted by Crippen LogP contribution is 2.30. The van der Waals surface area contributed by atoms with Gasteiger partial charge in [-0.1, -0.05) is 41.1 Å². The number of hydrogen-bond donors (Lipinski definition) is 1. The largest absolute Gasteiger partial charge is 0.488 e. The average Bonchev–Trinajstić information content (AvgIpc) is 3.07. The number of aromatic nitrogens is 1. The van der Waals surface area contributed by atoms with Crippen LogP contribution in [-0.2, 0) is 6.42 Å². The van der Waals surface area contributed by atoms with Crippen LogP contribution < -0.4 is 10.1 Å². The lowest BCUT2D eigenvalue weighted by Crippen LogP contribution is -2.23. The molecule has 0 saturated carbocycles. The van der Waals surface area contributed by atoms with E-state index in [1.807, 2.05) is 30.3 Å². The first kappa shape index (κ1) is 12.9. The third kappa shape index (κ3) is 2.57. The number of nitrogens with zero attached hydrogens (tertiary/aromatic N) is 1. The van der Waals surface area contributed by atoms with E-state index in [0.29, 0.717) is 0 Å². The molecule has 3 nitrogen and oxygen atoms in total. The van der Waals surface area contributed by atoms with E-state index < -0.39 is 0 Å². The molecule has 0 spiro atoms. The number of hydrogen-bond acceptors (Lipinski definition) is 4. The quantitative estimate of drug-likeness (QED) is 0.779. The molecule has 21 heavy (non-hydrogen) atoms. The van der Waals surface area contributed by atoms with Gasteiger partial charge in [-0.25, -0.2) is 4.98 Å². The van der Waals surface area contributed by atoms with Gasteiger partial charge in [-0.3, -0.25) is 0 Å². The molecule has 3 aromatic rings. The van der Waals surface area contributed by atoms with Crippen LogP contribution in [0.1, 0.15) is 5.56 Å². The van der Waals surface area contributed by atoms with Crippen LogP contribution >= 0.6 is 22.9 Å². The van der Waals surface area contributed by atoms with Crippen molar-refractivity contribution in [1.29, 1.82) is 0 Å². The maximum absolute atomic E-state index is 6.00. The summed E-state index contributed by atoms with van der Waals surface area (Å²) >= 11 is 7.62. The first-order chi connectivity index (χ1) is 10.3. The minimum atomic E-state index is 0.165. The number of fused-ring (bicyclic) bond motifs is 2. The summed E-state index contributed by atoms with van der Waals surface area (Å²) in [4.78, 5) is 4.56. The van der Waals surface area contributed by atoms with E-state index in [2.05, 4.69) is 22.4 Å². The van der Waals surface area contributed by atoms with Crippen molar-refractivity contribution < 1.29 is 4.74 Å². The van der Waals surface area contributed by atoms with E-state index >= 15 is 0 Å². The number of nitrogens with one attached hydrogen (secondary N) is 1. The molecular formula is C16H13ClN2OS. The van der Waals surface area contributed by atoms with Crippen molar-refractivity contribution in [2.75, 3.05) is 11.9 Å². The molecule has 1 aliphatic heterocycles. The van der Waals surface area contributed by atoms with E-state index in [9.17, 15) is 0 Å². The van der Waals surface area contributed by atoms with E-state index in [1.54, 1.807) is 11.3 Å². The lowest BCUT2D eigenvalue weighted by Gasteiger charge is -2.10. The van der Waals surface area contributed by atoms with Crippen molar-refractivity contribution in [2.24, 2.45) is 0 Å². The van der Waals surface area contributed by atoms with Crippen LogP contribution in [0.4, 0.5) is 5.13 Å². The third-order valence-electron chi connectivity index (χ3n) is 3.55. The molecule has 2 heterocycles. The molecule has 1 N–H and O–H groups in total. The Morgan fingerprint density at radius 2 is 2.19 bits per heavy atom.